The van der Waals surface area contributed by atoms with Crippen LogP contribution < -0.4 is 10.7 Å². The van der Waals surface area contributed by atoms with Crippen LogP contribution in [-0.4, -0.2) is 19.3 Å². The molecule has 0 saturated heterocycles. The minimum Gasteiger partial charge on any atom is -0.372 e. The molecule has 0 spiro atoms. The van der Waals surface area contributed by atoms with Crippen molar-refractivity contribution in [1.29, 1.82) is 0 Å². The van der Waals surface area contributed by atoms with Crippen LogP contribution in [0.15, 0.2) is 29.4 Å². The highest BCUT2D eigenvalue weighted by Crippen LogP contribution is 2.13. The van der Waals surface area contributed by atoms with E-state index in [1.165, 1.54) is 5.69 Å². The van der Waals surface area contributed by atoms with E-state index >= 15 is 0 Å². The van der Waals surface area contributed by atoms with Gasteiger partial charge in [0, 0.05) is 18.8 Å². The molecule has 0 atom stereocenters. The quantitative estimate of drug-likeness (QED) is 0.448. The maximum Gasteiger partial charge on any atom is 0.0538 e. The van der Waals surface area contributed by atoms with Crippen molar-refractivity contribution >= 4 is 11.9 Å². The lowest BCUT2D eigenvalue weighted by atomic mass is 10.2. The molecule has 0 radical (unpaired) electrons. The lowest BCUT2D eigenvalue weighted by Crippen LogP contribution is -2.21. The summed E-state index contributed by atoms with van der Waals surface area (Å²) in [4.78, 5) is 2.30. The van der Waals surface area contributed by atoms with E-state index in [9.17, 15) is 0 Å². The third-order valence-corrected chi connectivity index (χ3v) is 2.25. The molecule has 0 aromatic heterocycles. The summed E-state index contributed by atoms with van der Waals surface area (Å²) in [7, 11) is 0. The summed E-state index contributed by atoms with van der Waals surface area (Å²) in [6.07, 6.45) is 1.64. The molecule has 0 fully saturated rings. The van der Waals surface area contributed by atoms with Crippen molar-refractivity contribution < 1.29 is 0 Å². The lowest BCUT2D eigenvalue weighted by molar-refractivity contribution is 0.866. The Morgan fingerprint density at radius 3 is 2.21 bits per heavy atom. The van der Waals surface area contributed by atoms with Crippen molar-refractivity contribution in [2.75, 3.05) is 18.0 Å². The zero-order valence-electron chi connectivity index (χ0n) is 8.77. The Labute approximate surface area is 85.2 Å². The van der Waals surface area contributed by atoms with E-state index in [2.05, 4.69) is 36.0 Å². The van der Waals surface area contributed by atoms with Gasteiger partial charge in [-0.15, -0.1) is 0 Å². The van der Waals surface area contributed by atoms with Crippen LogP contribution in [0.2, 0.25) is 0 Å². The lowest BCUT2D eigenvalue weighted by Gasteiger charge is -2.20. The predicted molar refractivity (Wildman–Crippen MR) is 61.8 cm³/mol. The standard InChI is InChI=1S/C11H17N3/c1-3-14(4-2)11-7-5-10(6-8-11)9-13-12/h5-9H,3-4,12H2,1-2H3/b13-9+. The van der Waals surface area contributed by atoms with Crippen molar-refractivity contribution in [3.8, 4) is 0 Å². The van der Waals surface area contributed by atoms with Gasteiger partial charge >= 0.3 is 0 Å². The topological polar surface area (TPSA) is 41.6 Å². The van der Waals surface area contributed by atoms with Gasteiger partial charge in [0.25, 0.3) is 0 Å². The Bertz CT molecular complexity index is 286. The van der Waals surface area contributed by atoms with Crippen LogP contribution in [0.1, 0.15) is 19.4 Å². The smallest absolute Gasteiger partial charge is 0.0538 e. The van der Waals surface area contributed by atoms with Gasteiger partial charge in [-0.25, -0.2) is 0 Å². The molecule has 1 rings (SSSR count). The fourth-order valence-electron chi connectivity index (χ4n) is 1.45. The van der Waals surface area contributed by atoms with E-state index < -0.39 is 0 Å². The van der Waals surface area contributed by atoms with Gasteiger partial charge < -0.3 is 10.7 Å². The number of nitrogens with zero attached hydrogens (tertiary/aromatic N) is 2. The van der Waals surface area contributed by atoms with Gasteiger partial charge in [-0.05, 0) is 31.5 Å². The van der Waals surface area contributed by atoms with Crippen molar-refractivity contribution in [2.24, 2.45) is 10.9 Å². The Kier molecular flexibility index (Phi) is 3.98. The summed E-state index contributed by atoms with van der Waals surface area (Å²) in [5, 5.41) is 3.48. The molecule has 2 N–H and O–H groups in total. The molecule has 14 heavy (non-hydrogen) atoms. The summed E-state index contributed by atoms with van der Waals surface area (Å²) >= 11 is 0. The molecule has 3 nitrogen and oxygen atoms in total. The van der Waals surface area contributed by atoms with Gasteiger partial charge in [0.15, 0.2) is 0 Å². The number of rotatable bonds is 4. The molecule has 1 aromatic carbocycles. The number of benzene rings is 1. The Hall–Kier alpha value is -1.51. The molecule has 0 amide bonds. The van der Waals surface area contributed by atoms with Crippen LogP contribution in [0, 0.1) is 0 Å². The van der Waals surface area contributed by atoms with E-state index in [0.29, 0.717) is 0 Å². The van der Waals surface area contributed by atoms with Gasteiger partial charge in [0.1, 0.15) is 0 Å². The van der Waals surface area contributed by atoms with Crippen LogP contribution in [0.4, 0.5) is 5.69 Å². The molecule has 0 aliphatic rings. The summed E-state index contributed by atoms with van der Waals surface area (Å²) < 4.78 is 0. The second-order valence-corrected chi connectivity index (χ2v) is 3.04. The van der Waals surface area contributed by atoms with Crippen LogP contribution >= 0.6 is 0 Å². The molecule has 76 valence electrons. The zero-order valence-corrected chi connectivity index (χ0v) is 8.77. The first-order valence-electron chi connectivity index (χ1n) is 4.90. The highest BCUT2D eigenvalue weighted by molar-refractivity contribution is 5.80. The molecule has 0 unspecified atom stereocenters. The molecular weight excluding hydrogens is 174 g/mol. The molecule has 0 bridgehead atoms. The average Bonchev–Trinajstić information content (AvgIpc) is 2.23. The van der Waals surface area contributed by atoms with Gasteiger partial charge in [0.05, 0.1) is 6.21 Å². The Morgan fingerprint density at radius 2 is 1.79 bits per heavy atom. The molecule has 0 heterocycles. The van der Waals surface area contributed by atoms with Crippen molar-refractivity contribution in [1.82, 2.24) is 0 Å². The number of hydrazone groups is 1. The van der Waals surface area contributed by atoms with Crippen LogP contribution in [0.3, 0.4) is 0 Å². The molecule has 0 saturated carbocycles. The third kappa shape index (κ3) is 2.49. The Balaban J connectivity index is 2.81. The third-order valence-electron chi connectivity index (χ3n) is 2.25. The monoisotopic (exact) mass is 191 g/mol. The van der Waals surface area contributed by atoms with E-state index in [-0.39, 0.29) is 0 Å². The molecule has 3 heteroatoms. The van der Waals surface area contributed by atoms with Gasteiger partial charge in [-0.2, -0.15) is 5.10 Å². The van der Waals surface area contributed by atoms with Crippen molar-refractivity contribution in [3.63, 3.8) is 0 Å². The molecule has 0 aliphatic carbocycles. The number of hydrogen-bond acceptors (Lipinski definition) is 3. The number of hydrogen-bond donors (Lipinski definition) is 1. The first-order valence-corrected chi connectivity index (χ1v) is 4.90. The van der Waals surface area contributed by atoms with Gasteiger partial charge in [0.2, 0.25) is 0 Å². The largest absolute Gasteiger partial charge is 0.372 e. The van der Waals surface area contributed by atoms with E-state index in [1.807, 2.05) is 12.1 Å². The predicted octanol–water partition coefficient (Wildman–Crippen LogP) is 1.83. The van der Waals surface area contributed by atoms with Crippen molar-refractivity contribution in [3.05, 3.63) is 29.8 Å². The summed E-state index contributed by atoms with van der Waals surface area (Å²) in [6, 6.07) is 8.21. The minimum atomic E-state index is 1.03. The zero-order chi connectivity index (χ0) is 10.4. The molecular formula is C11H17N3. The first-order chi connectivity index (χ1) is 6.81. The fraction of sp³-hybridized carbons (Fsp3) is 0.364. The molecule has 0 aliphatic heterocycles. The Morgan fingerprint density at radius 1 is 1.21 bits per heavy atom. The van der Waals surface area contributed by atoms with Crippen LogP contribution in [0.5, 0.6) is 0 Å². The van der Waals surface area contributed by atoms with Crippen LogP contribution in [-0.2, 0) is 0 Å². The second-order valence-electron chi connectivity index (χ2n) is 3.04. The van der Waals surface area contributed by atoms with E-state index in [4.69, 9.17) is 5.84 Å². The van der Waals surface area contributed by atoms with Crippen molar-refractivity contribution in [2.45, 2.75) is 13.8 Å². The number of nitrogens with two attached hydrogens (primary N) is 1. The first kappa shape index (κ1) is 10.6. The fourth-order valence-corrected chi connectivity index (χ4v) is 1.45. The summed E-state index contributed by atoms with van der Waals surface area (Å²) in [5.74, 6) is 5.07. The normalized spacial score (nSPS) is 10.7. The SMILES string of the molecule is CCN(CC)c1ccc(/C=N/N)cc1. The summed E-state index contributed by atoms with van der Waals surface area (Å²) in [5.41, 5.74) is 2.27. The van der Waals surface area contributed by atoms with E-state index in [1.54, 1.807) is 6.21 Å². The number of anilines is 1. The summed E-state index contributed by atoms with van der Waals surface area (Å²) in [6.45, 7) is 6.36. The maximum absolute atomic E-state index is 5.07. The highest BCUT2D eigenvalue weighted by atomic mass is 15.1. The van der Waals surface area contributed by atoms with Gasteiger partial charge in [-0.3, -0.25) is 0 Å². The second kappa shape index (κ2) is 5.27. The molecule has 1 aromatic rings. The van der Waals surface area contributed by atoms with Gasteiger partial charge in [-0.1, -0.05) is 12.1 Å². The maximum atomic E-state index is 5.07. The average molecular weight is 191 g/mol. The minimum absolute atomic E-state index is 1.03. The van der Waals surface area contributed by atoms with Crippen LogP contribution in [0.25, 0.3) is 0 Å². The highest BCUT2D eigenvalue weighted by Gasteiger charge is 1.99. The van der Waals surface area contributed by atoms with E-state index in [0.717, 1.165) is 18.7 Å².